The van der Waals surface area contributed by atoms with E-state index in [2.05, 4.69) is 4.98 Å². The molecule has 0 amide bonds. The second-order valence-electron chi connectivity index (χ2n) is 5.07. The van der Waals surface area contributed by atoms with Crippen LogP contribution in [0.15, 0.2) is 40.0 Å². The third kappa shape index (κ3) is 1.86. The van der Waals surface area contributed by atoms with Crippen LogP contribution in [0.4, 0.5) is 8.78 Å². The molecular weight excluding hydrogens is 322 g/mol. The average Bonchev–Trinajstić information content (AvgIpc) is 2.79. The number of benzene rings is 2. The monoisotopic (exact) mass is 330 g/mol. The number of hydrogen-bond acceptors (Lipinski definition) is 4. The predicted octanol–water partition coefficient (Wildman–Crippen LogP) is 2.93. The van der Waals surface area contributed by atoms with Gasteiger partial charge >= 0.3 is 0 Å². The second kappa shape index (κ2) is 4.73. The standard InChI is InChI=1S/C16H8F2N2O2S/c1-23-8-2-3-12-9(6-8)14(21)15-19-11-5-7(17)4-10(18)13(11)16(22)20(12)15/h2-6H,1H3. The number of carbonyl (C=O) groups excluding carboxylic acids is 1. The minimum Gasteiger partial charge on any atom is -0.285 e. The Morgan fingerprint density at radius 3 is 2.65 bits per heavy atom. The Bertz CT molecular complexity index is 1080. The summed E-state index contributed by atoms with van der Waals surface area (Å²) in [7, 11) is 0. The second-order valence-corrected chi connectivity index (χ2v) is 5.95. The summed E-state index contributed by atoms with van der Waals surface area (Å²) in [4.78, 5) is 30.0. The summed E-state index contributed by atoms with van der Waals surface area (Å²) in [6.07, 6.45) is 1.87. The van der Waals surface area contributed by atoms with Crippen molar-refractivity contribution in [2.45, 2.75) is 4.90 Å². The molecule has 0 atom stereocenters. The molecule has 0 unspecified atom stereocenters. The summed E-state index contributed by atoms with van der Waals surface area (Å²) in [5.41, 5.74) is -0.181. The highest BCUT2D eigenvalue weighted by Gasteiger charge is 2.31. The Morgan fingerprint density at radius 1 is 1.13 bits per heavy atom. The van der Waals surface area contributed by atoms with Gasteiger partial charge in [-0.3, -0.25) is 14.2 Å². The Labute approximate surface area is 132 Å². The van der Waals surface area contributed by atoms with Crippen LogP contribution < -0.4 is 5.56 Å². The molecule has 0 spiro atoms. The molecule has 0 N–H and O–H groups in total. The van der Waals surface area contributed by atoms with E-state index in [9.17, 15) is 18.4 Å². The van der Waals surface area contributed by atoms with Gasteiger partial charge in [0.25, 0.3) is 5.56 Å². The normalized spacial score (nSPS) is 12.6. The molecule has 0 aliphatic carbocycles. The quantitative estimate of drug-likeness (QED) is 0.504. The van der Waals surface area contributed by atoms with E-state index >= 15 is 0 Å². The number of carbonyl (C=O) groups is 1. The van der Waals surface area contributed by atoms with Crippen LogP contribution in [0, 0.1) is 11.6 Å². The first-order chi connectivity index (χ1) is 11.0. The third-order valence-electron chi connectivity index (χ3n) is 3.78. The smallest absolute Gasteiger partial charge is 0.269 e. The topological polar surface area (TPSA) is 52.0 Å². The van der Waals surface area contributed by atoms with E-state index < -0.39 is 23.0 Å². The van der Waals surface area contributed by atoms with Gasteiger partial charge in [-0.15, -0.1) is 11.8 Å². The Balaban J connectivity index is 2.14. The summed E-state index contributed by atoms with van der Waals surface area (Å²) in [6, 6.07) is 6.64. The molecule has 4 rings (SSSR count). The maximum Gasteiger partial charge on any atom is 0.269 e. The highest BCUT2D eigenvalue weighted by atomic mass is 32.2. The first kappa shape index (κ1) is 14.1. The van der Waals surface area contributed by atoms with E-state index in [1.54, 1.807) is 18.2 Å². The molecule has 23 heavy (non-hydrogen) atoms. The van der Waals surface area contributed by atoms with Crippen LogP contribution in [-0.4, -0.2) is 21.6 Å². The molecule has 0 saturated carbocycles. The fraction of sp³-hybridized carbons (Fsp3) is 0.0625. The van der Waals surface area contributed by atoms with Gasteiger partial charge < -0.3 is 0 Å². The van der Waals surface area contributed by atoms with Gasteiger partial charge in [0.15, 0.2) is 5.82 Å². The fourth-order valence-electron chi connectivity index (χ4n) is 2.75. The molecule has 114 valence electrons. The van der Waals surface area contributed by atoms with E-state index in [1.807, 2.05) is 6.26 Å². The summed E-state index contributed by atoms with van der Waals surface area (Å²) in [6.45, 7) is 0. The molecule has 4 nitrogen and oxygen atoms in total. The van der Waals surface area contributed by atoms with Crippen molar-refractivity contribution in [3.05, 3.63) is 63.7 Å². The molecule has 7 heteroatoms. The lowest BCUT2D eigenvalue weighted by Gasteiger charge is -2.06. The van der Waals surface area contributed by atoms with Gasteiger partial charge in [-0.05, 0) is 24.5 Å². The van der Waals surface area contributed by atoms with Crippen molar-refractivity contribution in [3.8, 4) is 5.69 Å². The molecule has 3 aromatic rings. The van der Waals surface area contributed by atoms with Gasteiger partial charge in [-0.25, -0.2) is 13.8 Å². The average molecular weight is 330 g/mol. The fourth-order valence-corrected chi connectivity index (χ4v) is 3.19. The SMILES string of the molecule is CSc1ccc2c(c1)C(=O)c1nc3cc(F)cc(F)c3c(=O)n1-2. The Hall–Kier alpha value is -2.54. The van der Waals surface area contributed by atoms with Gasteiger partial charge in [0, 0.05) is 17.0 Å². The highest BCUT2D eigenvalue weighted by molar-refractivity contribution is 7.98. The van der Waals surface area contributed by atoms with Gasteiger partial charge in [0.05, 0.1) is 16.8 Å². The van der Waals surface area contributed by atoms with Gasteiger partial charge in [-0.2, -0.15) is 0 Å². The van der Waals surface area contributed by atoms with Crippen molar-refractivity contribution in [3.63, 3.8) is 0 Å². The van der Waals surface area contributed by atoms with Crippen LogP contribution in [0.3, 0.4) is 0 Å². The molecule has 1 aromatic heterocycles. The van der Waals surface area contributed by atoms with Gasteiger partial charge in [0.2, 0.25) is 5.78 Å². The first-order valence-electron chi connectivity index (χ1n) is 6.66. The molecule has 2 aromatic carbocycles. The number of ketones is 1. The van der Waals surface area contributed by atoms with Crippen LogP contribution in [0.2, 0.25) is 0 Å². The molecule has 2 heterocycles. The van der Waals surface area contributed by atoms with Crippen molar-refractivity contribution < 1.29 is 13.6 Å². The molecule has 0 bridgehead atoms. The number of rotatable bonds is 1. The molecule has 0 fully saturated rings. The zero-order chi connectivity index (χ0) is 16.3. The minimum atomic E-state index is -0.991. The maximum atomic E-state index is 14.0. The van der Waals surface area contributed by atoms with E-state index in [0.717, 1.165) is 15.5 Å². The summed E-state index contributed by atoms with van der Waals surface area (Å²) >= 11 is 1.46. The third-order valence-corrected chi connectivity index (χ3v) is 4.51. The first-order valence-corrected chi connectivity index (χ1v) is 7.88. The molecular formula is C16H8F2N2O2S. The zero-order valence-corrected chi connectivity index (χ0v) is 12.6. The predicted molar refractivity (Wildman–Crippen MR) is 82.5 cm³/mol. The maximum absolute atomic E-state index is 14.0. The number of thioether (sulfide) groups is 1. The van der Waals surface area contributed by atoms with Crippen LogP contribution in [0.25, 0.3) is 16.6 Å². The van der Waals surface area contributed by atoms with E-state index in [0.29, 0.717) is 17.3 Å². The highest BCUT2D eigenvalue weighted by Crippen LogP contribution is 2.30. The molecule has 0 radical (unpaired) electrons. The van der Waals surface area contributed by atoms with E-state index in [1.165, 1.54) is 11.8 Å². The van der Waals surface area contributed by atoms with Gasteiger partial charge in [0.1, 0.15) is 17.0 Å². The van der Waals surface area contributed by atoms with Gasteiger partial charge in [-0.1, -0.05) is 0 Å². The molecule has 1 aliphatic heterocycles. The lowest BCUT2D eigenvalue weighted by Crippen LogP contribution is -2.22. The Morgan fingerprint density at radius 2 is 1.91 bits per heavy atom. The Kier molecular flexibility index (Phi) is 2.89. The van der Waals surface area contributed by atoms with Crippen molar-refractivity contribution in [1.29, 1.82) is 0 Å². The summed E-state index contributed by atoms with van der Waals surface area (Å²) < 4.78 is 28.4. The molecule has 0 saturated heterocycles. The van der Waals surface area contributed by atoms with Crippen LogP contribution >= 0.6 is 11.8 Å². The van der Waals surface area contributed by atoms with E-state index in [-0.39, 0.29) is 16.7 Å². The minimum absolute atomic E-state index is 0.124. The zero-order valence-electron chi connectivity index (χ0n) is 11.8. The van der Waals surface area contributed by atoms with Crippen LogP contribution in [0.1, 0.15) is 16.2 Å². The summed E-state index contributed by atoms with van der Waals surface area (Å²) in [5, 5.41) is -0.329. The van der Waals surface area contributed by atoms with Crippen molar-refractivity contribution in [2.75, 3.05) is 6.26 Å². The lowest BCUT2D eigenvalue weighted by molar-refractivity contribution is 0.103. The van der Waals surface area contributed by atoms with Crippen molar-refractivity contribution in [1.82, 2.24) is 9.55 Å². The van der Waals surface area contributed by atoms with Crippen LogP contribution in [0.5, 0.6) is 0 Å². The van der Waals surface area contributed by atoms with E-state index in [4.69, 9.17) is 0 Å². The number of aromatic nitrogens is 2. The number of halogens is 2. The van der Waals surface area contributed by atoms with Crippen LogP contribution in [-0.2, 0) is 0 Å². The largest absolute Gasteiger partial charge is 0.285 e. The number of hydrogen-bond donors (Lipinski definition) is 0. The number of fused-ring (bicyclic) bond motifs is 4. The molecule has 1 aliphatic rings. The van der Waals surface area contributed by atoms with Crippen molar-refractivity contribution in [2.24, 2.45) is 0 Å². The number of nitrogens with zero attached hydrogens (tertiary/aromatic N) is 2. The lowest BCUT2D eigenvalue weighted by atomic mass is 10.1. The van der Waals surface area contributed by atoms with Crippen molar-refractivity contribution >= 4 is 28.4 Å². The summed E-state index contributed by atoms with van der Waals surface area (Å²) in [5.74, 6) is -2.39.